The molecule has 2 heterocycles. The van der Waals surface area contributed by atoms with Crippen molar-refractivity contribution in [3.8, 4) is 0 Å². The number of carbonyl (C=O) groups excluding carboxylic acids is 1. The van der Waals surface area contributed by atoms with Gasteiger partial charge in [0.2, 0.25) is 5.91 Å². The highest BCUT2D eigenvalue weighted by Crippen LogP contribution is 2.43. The van der Waals surface area contributed by atoms with E-state index in [1.807, 2.05) is 11.9 Å². The van der Waals surface area contributed by atoms with Crippen LogP contribution in [0.25, 0.3) is 0 Å². The fourth-order valence-corrected chi connectivity index (χ4v) is 4.68. The van der Waals surface area contributed by atoms with Crippen molar-refractivity contribution in [2.45, 2.75) is 32.1 Å². The fraction of sp³-hybridized carbons (Fsp3) is 0.933. The number of carbonyl (C=O) groups is 1. The Morgan fingerprint density at radius 2 is 1.72 bits per heavy atom. The molecule has 18 heavy (non-hydrogen) atoms. The van der Waals surface area contributed by atoms with E-state index in [0.29, 0.717) is 17.7 Å². The lowest BCUT2D eigenvalue weighted by atomic mass is 9.75. The van der Waals surface area contributed by atoms with Gasteiger partial charge >= 0.3 is 0 Å². The van der Waals surface area contributed by atoms with Crippen molar-refractivity contribution in [2.75, 3.05) is 33.7 Å². The average molecular weight is 250 g/mol. The highest BCUT2D eigenvalue weighted by molar-refractivity contribution is 5.79. The van der Waals surface area contributed by atoms with Crippen molar-refractivity contribution >= 4 is 5.91 Å². The minimum atomic E-state index is 0.332. The van der Waals surface area contributed by atoms with Gasteiger partial charge in [-0.25, -0.2) is 0 Å². The average Bonchev–Trinajstić information content (AvgIpc) is 2.52. The quantitative estimate of drug-likeness (QED) is 0.655. The lowest BCUT2D eigenvalue weighted by Gasteiger charge is -2.28. The van der Waals surface area contributed by atoms with E-state index in [4.69, 9.17) is 0 Å². The van der Waals surface area contributed by atoms with Gasteiger partial charge in [0.15, 0.2) is 0 Å². The van der Waals surface area contributed by atoms with Gasteiger partial charge in [0, 0.05) is 32.6 Å². The predicted molar refractivity (Wildman–Crippen MR) is 72.2 cm³/mol. The summed E-state index contributed by atoms with van der Waals surface area (Å²) in [6.45, 7) is 3.39. The molecule has 3 rings (SSSR count). The van der Waals surface area contributed by atoms with E-state index < -0.39 is 0 Å². The van der Waals surface area contributed by atoms with Crippen LogP contribution in [0.2, 0.25) is 0 Å². The van der Waals surface area contributed by atoms with E-state index in [2.05, 4.69) is 11.9 Å². The smallest absolute Gasteiger partial charge is 0.225 e. The molecule has 0 aromatic rings. The molecule has 2 aliphatic heterocycles. The Balaban J connectivity index is 1.89. The van der Waals surface area contributed by atoms with Gasteiger partial charge in [0.1, 0.15) is 0 Å². The Hall–Kier alpha value is -0.570. The summed E-state index contributed by atoms with van der Waals surface area (Å²) in [7, 11) is 4.26. The summed E-state index contributed by atoms with van der Waals surface area (Å²) < 4.78 is 0. The number of likely N-dealkylation sites (tertiary alicyclic amines) is 2. The van der Waals surface area contributed by atoms with E-state index in [0.717, 1.165) is 24.8 Å². The van der Waals surface area contributed by atoms with Gasteiger partial charge in [-0.05, 0) is 37.6 Å². The minimum Gasteiger partial charge on any atom is -0.345 e. The molecule has 0 bridgehead atoms. The highest BCUT2D eigenvalue weighted by atomic mass is 16.2. The van der Waals surface area contributed by atoms with E-state index in [1.165, 1.54) is 38.8 Å². The zero-order valence-electron chi connectivity index (χ0n) is 11.8. The van der Waals surface area contributed by atoms with Crippen LogP contribution in [0.4, 0.5) is 0 Å². The van der Waals surface area contributed by atoms with Crippen LogP contribution in [-0.2, 0) is 4.79 Å². The molecule has 4 atom stereocenters. The first-order valence-corrected chi connectivity index (χ1v) is 7.60. The maximum Gasteiger partial charge on any atom is 0.225 e. The number of fused-ring (bicyclic) bond motifs is 3. The van der Waals surface area contributed by atoms with Gasteiger partial charge < -0.3 is 9.80 Å². The molecule has 1 amide bonds. The third kappa shape index (κ3) is 2.07. The van der Waals surface area contributed by atoms with Gasteiger partial charge in [-0.3, -0.25) is 4.79 Å². The zero-order chi connectivity index (χ0) is 12.7. The Morgan fingerprint density at radius 1 is 0.944 bits per heavy atom. The van der Waals surface area contributed by atoms with Gasteiger partial charge in [-0.15, -0.1) is 0 Å². The summed E-state index contributed by atoms with van der Waals surface area (Å²) in [6.07, 6.45) is 6.36. The van der Waals surface area contributed by atoms with Crippen LogP contribution in [0.5, 0.6) is 0 Å². The molecule has 3 fully saturated rings. The normalized spacial score (nSPS) is 42.1. The van der Waals surface area contributed by atoms with Crippen LogP contribution in [-0.4, -0.2) is 49.4 Å². The second-order valence-electron chi connectivity index (χ2n) is 6.77. The summed E-state index contributed by atoms with van der Waals surface area (Å²) in [6, 6.07) is 0. The van der Waals surface area contributed by atoms with Crippen LogP contribution in [0.3, 0.4) is 0 Å². The van der Waals surface area contributed by atoms with E-state index in [9.17, 15) is 4.79 Å². The van der Waals surface area contributed by atoms with Crippen molar-refractivity contribution < 1.29 is 4.79 Å². The summed E-state index contributed by atoms with van der Waals surface area (Å²) >= 11 is 0. The monoisotopic (exact) mass is 250 g/mol. The molecule has 0 N–H and O–H groups in total. The molecular formula is C15H26N2O. The summed E-state index contributed by atoms with van der Waals surface area (Å²) in [4.78, 5) is 17.1. The predicted octanol–water partition coefficient (Wildman–Crippen LogP) is 1.83. The second kappa shape index (κ2) is 4.84. The maximum absolute atomic E-state index is 12.6. The zero-order valence-corrected chi connectivity index (χ0v) is 11.8. The molecule has 1 saturated carbocycles. The third-order valence-electron chi connectivity index (χ3n) is 5.50. The summed E-state index contributed by atoms with van der Waals surface area (Å²) in [5.74, 6) is 2.93. The van der Waals surface area contributed by atoms with Crippen LogP contribution >= 0.6 is 0 Å². The standard InChI is InChI=1S/C15H26N2O/c1-16-8-11-9-17(2)15(18)13-7-5-3-4-6-12(13)14(11)10-16/h11-14H,3-10H2,1-2H3. The molecule has 0 radical (unpaired) electrons. The number of nitrogens with zero attached hydrogens (tertiary/aromatic N) is 2. The molecule has 0 spiro atoms. The first-order valence-electron chi connectivity index (χ1n) is 7.60. The van der Waals surface area contributed by atoms with Gasteiger partial charge in [-0.2, -0.15) is 0 Å². The molecule has 0 aromatic heterocycles. The third-order valence-corrected chi connectivity index (χ3v) is 5.50. The molecule has 4 unspecified atom stereocenters. The summed E-state index contributed by atoms with van der Waals surface area (Å²) in [5, 5.41) is 0. The van der Waals surface area contributed by atoms with Crippen LogP contribution in [0.1, 0.15) is 32.1 Å². The number of rotatable bonds is 0. The van der Waals surface area contributed by atoms with Crippen LogP contribution in [0.15, 0.2) is 0 Å². The molecular weight excluding hydrogens is 224 g/mol. The van der Waals surface area contributed by atoms with Gasteiger partial charge in [0.05, 0.1) is 0 Å². The maximum atomic E-state index is 12.6. The minimum absolute atomic E-state index is 0.332. The Bertz CT molecular complexity index is 330. The van der Waals surface area contributed by atoms with E-state index in [1.54, 1.807) is 0 Å². The molecule has 1 aliphatic carbocycles. The Kier molecular flexibility index (Phi) is 3.35. The van der Waals surface area contributed by atoms with Crippen molar-refractivity contribution in [2.24, 2.45) is 23.7 Å². The van der Waals surface area contributed by atoms with Gasteiger partial charge in [0.25, 0.3) is 0 Å². The van der Waals surface area contributed by atoms with Crippen LogP contribution in [0, 0.1) is 23.7 Å². The number of hydrogen-bond donors (Lipinski definition) is 0. The lowest BCUT2D eigenvalue weighted by molar-refractivity contribution is -0.135. The van der Waals surface area contributed by atoms with Crippen LogP contribution < -0.4 is 0 Å². The molecule has 102 valence electrons. The van der Waals surface area contributed by atoms with Crippen molar-refractivity contribution in [3.63, 3.8) is 0 Å². The molecule has 3 heteroatoms. The largest absolute Gasteiger partial charge is 0.345 e. The van der Waals surface area contributed by atoms with Crippen molar-refractivity contribution in [1.29, 1.82) is 0 Å². The topological polar surface area (TPSA) is 23.6 Å². The Morgan fingerprint density at radius 3 is 2.56 bits per heavy atom. The molecule has 3 nitrogen and oxygen atoms in total. The first kappa shape index (κ1) is 12.5. The van der Waals surface area contributed by atoms with E-state index in [-0.39, 0.29) is 0 Å². The summed E-state index contributed by atoms with van der Waals surface area (Å²) in [5.41, 5.74) is 0. The second-order valence-corrected chi connectivity index (χ2v) is 6.77. The Labute approximate surface area is 111 Å². The highest BCUT2D eigenvalue weighted by Gasteiger charge is 2.46. The SMILES string of the molecule is CN1CC2CN(C)C(=O)C3CCCCCC3C2C1. The van der Waals surface area contributed by atoms with Crippen molar-refractivity contribution in [3.05, 3.63) is 0 Å². The number of amides is 1. The fourth-order valence-electron chi connectivity index (χ4n) is 4.68. The van der Waals surface area contributed by atoms with E-state index >= 15 is 0 Å². The lowest BCUT2D eigenvalue weighted by Crippen LogP contribution is -2.36. The van der Waals surface area contributed by atoms with Gasteiger partial charge in [-0.1, -0.05) is 19.3 Å². The molecule has 2 saturated heterocycles. The molecule has 0 aromatic carbocycles. The van der Waals surface area contributed by atoms with Crippen molar-refractivity contribution in [1.82, 2.24) is 9.80 Å². The number of hydrogen-bond acceptors (Lipinski definition) is 2. The molecule has 3 aliphatic rings. The first-order chi connectivity index (χ1) is 8.66.